The third-order valence-corrected chi connectivity index (χ3v) is 6.33. The summed E-state index contributed by atoms with van der Waals surface area (Å²) in [4.78, 5) is 61.0. The molecule has 2 unspecified atom stereocenters. The van der Waals surface area contributed by atoms with Gasteiger partial charge in [0.15, 0.2) is 5.41 Å². The highest BCUT2D eigenvalue weighted by molar-refractivity contribution is 6.06. The first kappa shape index (κ1) is 23.0. The van der Waals surface area contributed by atoms with Crippen LogP contribution in [0.25, 0.3) is 0 Å². The molecule has 4 rings (SSSR count). The molecule has 11 heteroatoms. The van der Waals surface area contributed by atoms with E-state index in [1.165, 1.54) is 62.4 Å². The van der Waals surface area contributed by atoms with E-state index in [4.69, 9.17) is 9.47 Å². The molecule has 2 atom stereocenters. The van der Waals surface area contributed by atoms with Gasteiger partial charge in [0.2, 0.25) is 0 Å². The second kappa shape index (κ2) is 8.01. The van der Waals surface area contributed by atoms with Gasteiger partial charge < -0.3 is 9.47 Å². The minimum Gasteiger partial charge on any atom is -0.422 e. The highest BCUT2D eigenvalue weighted by Crippen LogP contribution is 2.58. The summed E-state index contributed by atoms with van der Waals surface area (Å²) in [5.74, 6) is -5.58. The van der Waals surface area contributed by atoms with E-state index in [0.29, 0.717) is 11.1 Å². The Balaban J connectivity index is 1.90. The maximum Gasteiger partial charge on any atom is 0.328 e. The molecule has 2 aromatic rings. The van der Waals surface area contributed by atoms with Crippen LogP contribution in [0, 0.1) is 25.6 Å². The topological polar surface area (TPSA) is 156 Å². The molecule has 0 amide bonds. The molecule has 1 aliphatic carbocycles. The Morgan fingerprint density at radius 3 is 1.41 bits per heavy atom. The molecule has 1 saturated carbocycles. The number of esters is 2. The number of Topliss-reactive ketones (excluding diaryl/α,β-unsaturated/α-hetero) is 1. The van der Waals surface area contributed by atoms with Crippen molar-refractivity contribution in [2.75, 3.05) is 0 Å². The minimum absolute atomic E-state index is 0.189. The first-order valence-corrected chi connectivity index (χ1v) is 10.4. The van der Waals surface area contributed by atoms with Crippen LogP contribution in [0.4, 0.5) is 11.4 Å². The lowest BCUT2D eigenvalue weighted by Gasteiger charge is -2.49. The van der Waals surface area contributed by atoms with Crippen LogP contribution < -0.4 is 0 Å². The van der Waals surface area contributed by atoms with Crippen molar-refractivity contribution in [2.24, 2.45) is 5.41 Å². The second-order valence-corrected chi connectivity index (χ2v) is 8.80. The van der Waals surface area contributed by atoms with Gasteiger partial charge in [0.25, 0.3) is 17.2 Å². The van der Waals surface area contributed by atoms with Gasteiger partial charge in [-0.15, -0.1) is 0 Å². The normalized spacial score (nSPS) is 23.2. The van der Waals surface area contributed by atoms with Crippen LogP contribution in [0.3, 0.4) is 0 Å². The molecule has 1 heterocycles. The number of carbonyl (C=O) groups is 3. The van der Waals surface area contributed by atoms with Crippen molar-refractivity contribution in [3.8, 4) is 0 Å². The number of hydrogen-bond acceptors (Lipinski definition) is 9. The summed E-state index contributed by atoms with van der Waals surface area (Å²) >= 11 is 0. The smallest absolute Gasteiger partial charge is 0.328 e. The lowest BCUT2D eigenvalue weighted by Crippen LogP contribution is -2.61. The lowest BCUT2D eigenvalue weighted by molar-refractivity contribution is -0.385. The van der Waals surface area contributed by atoms with E-state index in [-0.39, 0.29) is 30.0 Å². The summed E-state index contributed by atoms with van der Waals surface area (Å²) in [5.41, 5.74) is -1.63. The predicted molar refractivity (Wildman–Crippen MR) is 115 cm³/mol. The van der Waals surface area contributed by atoms with E-state index in [0.717, 1.165) is 0 Å². The number of rotatable bonds is 4. The van der Waals surface area contributed by atoms with Gasteiger partial charge in [-0.1, -0.05) is 24.3 Å². The van der Waals surface area contributed by atoms with Gasteiger partial charge >= 0.3 is 11.9 Å². The van der Waals surface area contributed by atoms with Crippen molar-refractivity contribution in [1.29, 1.82) is 0 Å². The van der Waals surface area contributed by atoms with Gasteiger partial charge in [0, 0.05) is 62.8 Å². The number of ether oxygens (including phenoxy) is 2. The number of non-ortho nitro benzene ring substituents is 2. The Hall–Kier alpha value is -4.15. The molecular weight excluding hydrogens is 448 g/mol. The van der Waals surface area contributed by atoms with Crippen molar-refractivity contribution < 1.29 is 33.7 Å². The molecule has 1 saturated heterocycles. The SMILES string of the molecule is CC1(C)OC(=O)C2(C(=O)O1)C(c1ccc([N+](=O)[O-])cc1)CC(=O)CC2c1ccc([N+](=O)[O-])cc1. The molecule has 0 aromatic heterocycles. The lowest BCUT2D eigenvalue weighted by atomic mass is 9.55. The molecule has 2 fully saturated rings. The van der Waals surface area contributed by atoms with Crippen LogP contribution >= 0.6 is 0 Å². The van der Waals surface area contributed by atoms with Crippen molar-refractivity contribution in [1.82, 2.24) is 0 Å². The maximum atomic E-state index is 13.6. The summed E-state index contributed by atoms with van der Waals surface area (Å²) in [6, 6.07) is 10.5. The summed E-state index contributed by atoms with van der Waals surface area (Å²) in [6.07, 6.45) is -0.377. The molecular formula is C23H20N2O9. The molecule has 0 radical (unpaired) electrons. The average Bonchev–Trinajstić information content (AvgIpc) is 2.77. The van der Waals surface area contributed by atoms with Gasteiger partial charge in [-0.3, -0.25) is 34.6 Å². The molecule has 34 heavy (non-hydrogen) atoms. The highest BCUT2D eigenvalue weighted by Gasteiger charge is 2.67. The van der Waals surface area contributed by atoms with Crippen molar-refractivity contribution in [3.05, 3.63) is 79.9 Å². The number of nitrogens with zero attached hydrogens (tertiary/aromatic N) is 2. The number of carbonyl (C=O) groups excluding carboxylic acids is 3. The Kier molecular flexibility index (Phi) is 5.42. The van der Waals surface area contributed by atoms with Crippen LogP contribution in [0.5, 0.6) is 0 Å². The molecule has 2 aliphatic rings. The fourth-order valence-corrected chi connectivity index (χ4v) is 4.81. The van der Waals surface area contributed by atoms with Gasteiger partial charge in [-0.25, -0.2) is 0 Å². The number of hydrogen-bond donors (Lipinski definition) is 0. The quantitative estimate of drug-likeness (QED) is 0.283. The largest absolute Gasteiger partial charge is 0.422 e. The fraction of sp³-hybridized carbons (Fsp3) is 0.348. The van der Waals surface area contributed by atoms with E-state index >= 15 is 0 Å². The zero-order valence-corrected chi connectivity index (χ0v) is 18.3. The first-order chi connectivity index (χ1) is 16.0. The maximum absolute atomic E-state index is 13.6. The summed E-state index contributed by atoms with van der Waals surface area (Å²) in [6.45, 7) is 2.82. The third-order valence-electron chi connectivity index (χ3n) is 6.33. The highest BCUT2D eigenvalue weighted by atomic mass is 16.7. The predicted octanol–water partition coefficient (Wildman–Crippen LogP) is 3.56. The molecule has 176 valence electrons. The standard InChI is InChI=1S/C23H20N2O9/c1-22(2)33-20(27)23(21(28)34-22)18(13-3-7-15(8-4-13)24(29)30)11-17(26)12-19(23)14-5-9-16(10-6-14)25(31)32/h3-10,18-19H,11-12H2,1-2H3. The van der Waals surface area contributed by atoms with E-state index in [9.17, 15) is 34.6 Å². The monoisotopic (exact) mass is 468 g/mol. The Morgan fingerprint density at radius 1 is 0.735 bits per heavy atom. The van der Waals surface area contributed by atoms with E-state index in [2.05, 4.69) is 0 Å². The van der Waals surface area contributed by atoms with Gasteiger partial charge in [0.05, 0.1) is 9.85 Å². The number of ketones is 1. The van der Waals surface area contributed by atoms with Crippen molar-refractivity contribution >= 4 is 29.1 Å². The second-order valence-electron chi connectivity index (χ2n) is 8.80. The molecule has 2 aromatic carbocycles. The van der Waals surface area contributed by atoms with Crippen molar-refractivity contribution in [2.45, 2.75) is 44.3 Å². The van der Waals surface area contributed by atoms with Gasteiger partial charge in [0.1, 0.15) is 5.78 Å². The summed E-state index contributed by atoms with van der Waals surface area (Å²) < 4.78 is 11.0. The molecule has 1 aliphatic heterocycles. The number of benzene rings is 2. The first-order valence-electron chi connectivity index (χ1n) is 10.4. The summed E-state index contributed by atoms with van der Waals surface area (Å²) in [5, 5.41) is 22.2. The molecule has 0 N–H and O–H groups in total. The number of nitro benzene ring substituents is 2. The Bertz CT molecular complexity index is 1110. The van der Waals surface area contributed by atoms with Crippen LogP contribution in [-0.4, -0.2) is 33.4 Å². The zero-order chi connectivity index (χ0) is 24.8. The third kappa shape index (κ3) is 3.68. The van der Waals surface area contributed by atoms with Crippen LogP contribution in [0.1, 0.15) is 49.7 Å². The van der Waals surface area contributed by atoms with E-state index in [1.807, 2.05) is 0 Å². The van der Waals surface area contributed by atoms with Crippen LogP contribution in [-0.2, 0) is 23.9 Å². The fourth-order valence-electron chi connectivity index (χ4n) is 4.81. The average molecular weight is 468 g/mol. The van der Waals surface area contributed by atoms with Gasteiger partial charge in [-0.05, 0) is 11.1 Å². The number of cyclic esters (lactones) is 2. The van der Waals surface area contributed by atoms with Crippen LogP contribution in [0.2, 0.25) is 0 Å². The number of nitro groups is 2. The van der Waals surface area contributed by atoms with Crippen LogP contribution in [0.15, 0.2) is 48.5 Å². The molecule has 1 spiro atoms. The Labute approximate surface area is 193 Å². The summed E-state index contributed by atoms with van der Waals surface area (Å²) in [7, 11) is 0. The Morgan fingerprint density at radius 2 is 1.09 bits per heavy atom. The van der Waals surface area contributed by atoms with Crippen molar-refractivity contribution in [3.63, 3.8) is 0 Å². The van der Waals surface area contributed by atoms with E-state index in [1.54, 1.807) is 0 Å². The molecule has 11 nitrogen and oxygen atoms in total. The minimum atomic E-state index is -1.96. The van der Waals surface area contributed by atoms with Gasteiger partial charge in [-0.2, -0.15) is 0 Å². The molecule has 0 bridgehead atoms. The van der Waals surface area contributed by atoms with E-state index < -0.39 is 44.8 Å². The zero-order valence-electron chi connectivity index (χ0n) is 18.3.